The van der Waals surface area contributed by atoms with E-state index in [-0.39, 0.29) is 0 Å². The van der Waals surface area contributed by atoms with Crippen LogP contribution >= 0.6 is 12.2 Å². The molecular formula is C16H31N3OS. The highest BCUT2D eigenvalue weighted by molar-refractivity contribution is 7.80. The lowest BCUT2D eigenvalue weighted by molar-refractivity contribution is 0.0878. The zero-order chi connectivity index (χ0) is 15.1. The Bertz CT molecular complexity index is 313. The summed E-state index contributed by atoms with van der Waals surface area (Å²) in [4.78, 5) is 5.72. The standard InChI is InChI=1S/C16H31N3OS/c1-2-5-15(16(17)21)19-11-9-18(10-12-19)8-3-6-14-7-4-13-20-14/h14-15H,2-13H2,1H3,(H2,17,21). The Morgan fingerprint density at radius 2 is 2.10 bits per heavy atom. The zero-order valence-corrected chi connectivity index (χ0v) is 14.2. The van der Waals surface area contributed by atoms with Gasteiger partial charge in [-0.1, -0.05) is 25.6 Å². The van der Waals surface area contributed by atoms with Gasteiger partial charge < -0.3 is 15.4 Å². The molecule has 2 aliphatic rings. The van der Waals surface area contributed by atoms with Gasteiger partial charge in [0.2, 0.25) is 0 Å². The molecule has 122 valence electrons. The van der Waals surface area contributed by atoms with E-state index in [1.807, 2.05) is 0 Å². The van der Waals surface area contributed by atoms with Crippen LogP contribution in [0, 0.1) is 0 Å². The van der Waals surface area contributed by atoms with Gasteiger partial charge in [-0.15, -0.1) is 0 Å². The maximum Gasteiger partial charge on any atom is 0.0902 e. The lowest BCUT2D eigenvalue weighted by Crippen LogP contribution is -2.53. The molecule has 21 heavy (non-hydrogen) atoms. The molecule has 2 fully saturated rings. The van der Waals surface area contributed by atoms with Crippen molar-refractivity contribution in [2.45, 2.75) is 57.6 Å². The molecule has 0 aromatic rings. The van der Waals surface area contributed by atoms with Gasteiger partial charge >= 0.3 is 0 Å². The maximum absolute atomic E-state index is 5.90. The second kappa shape index (κ2) is 9.03. The minimum atomic E-state index is 0.305. The highest BCUT2D eigenvalue weighted by atomic mass is 32.1. The molecule has 2 unspecified atom stereocenters. The Kier molecular flexibility index (Phi) is 7.37. The van der Waals surface area contributed by atoms with Crippen molar-refractivity contribution in [3.8, 4) is 0 Å². The van der Waals surface area contributed by atoms with Crippen molar-refractivity contribution in [2.24, 2.45) is 5.73 Å². The van der Waals surface area contributed by atoms with Crippen LogP contribution in [0.2, 0.25) is 0 Å². The molecule has 0 amide bonds. The Labute approximate surface area is 135 Å². The molecule has 0 aromatic carbocycles. The van der Waals surface area contributed by atoms with Gasteiger partial charge in [0, 0.05) is 32.8 Å². The second-order valence-electron chi connectivity index (χ2n) is 6.36. The van der Waals surface area contributed by atoms with Gasteiger partial charge in [0.1, 0.15) is 0 Å². The third-order valence-corrected chi connectivity index (χ3v) is 5.03. The van der Waals surface area contributed by atoms with Crippen molar-refractivity contribution >= 4 is 17.2 Å². The second-order valence-corrected chi connectivity index (χ2v) is 6.83. The Morgan fingerprint density at radius 1 is 1.33 bits per heavy atom. The highest BCUT2D eigenvalue weighted by Crippen LogP contribution is 2.17. The first-order valence-corrected chi connectivity index (χ1v) is 8.99. The molecule has 2 N–H and O–H groups in total. The molecule has 0 spiro atoms. The van der Waals surface area contributed by atoms with E-state index in [1.54, 1.807) is 0 Å². The summed E-state index contributed by atoms with van der Waals surface area (Å²) >= 11 is 5.23. The summed E-state index contributed by atoms with van der Waals surface area (Å²) in [5.74, 6) is 0. The number of nitrogens with zero attached hydrogens (tertiary/aromatic N) is 2. The average molecular weight is 314 g/mol. The third kappa shape index (κ3) is 5.47. The summed E-state index contributed by atoms with van der Waals surface area (Å²) in [5, 5.41) is 0. The third-order valence-electron chi connectivity index (χ3n) is 4.76. The molecule has 5 heteroatoms. The molecule has 0 saturated carbocycles. The molecule has 2 rings (SSSR count). The Hall–Kier alpha value is -0.230. The zero-order valence-electron chi connectivity index (χ0n) is 13.4. The summed E-state index contributed by atoms with van der Waals surface area (Å²) < 4.78 is 5.69. The molecule has 2 aliphatic heterocycles. The lowest BCUT2D eigenvalue weighted by Gasteiger charge is -2.39. The molecule has 2 saturated heterocycles. The monoisotopic (exact) mass is 313 g/mol. The number of hydrogen-bond donors (Lipinski definition) is 1. The van der Waals surface area contributed by atoms with E-state index < -0.39 is 0 Å². The first kappa shape index (κ1) is 17.1. The smallest absolute Gasteiger partial charge is 0.0902 e. The number of nitrogens with two attached hydrogens (primary N) is 1. The van der Waals surface area contributed by atoms with Crippen LogP contribution in [0.15, 0.2) is 0 Å². The van der Waals surface area contributed by atoms with Crippen molar-refractivity contribution in [1.82, 2.24) is 9.80 Å². The minimum absolute atomic E-state index is 0.305. The van der Waals surface area contributed by atoms with Gasteiger partial charge in [0.05, 0.1) is 17.1 Å². The van der Waals surface area contributed by atoms with Crippen LogP contribution in [0.1, 0.15) is 45.4 Å². The van der Waals surface area contributed by atoms with E-state index in [0.717, 1.165) is 45.6 Å². The SMILES string of the molecule is CCCC(C(N)=S)N1CCN(CCCC2CCCO2)CC1. The predicted molar refractivity (Wildman–Crippen MR) is 91.7 cm³/mol. The largest absolute Gasteiger partial charge is 0.392 e. The fourth-order valence-corrected chi connectivity index (χ4v) is 3.76. The molecule has 0 radical (unpaired) electrons. The Morgan fingerprint density at radius 3 is 2.67 bits per heavy atom. The summed E-state index contributed by atoms with van der Waals surface area (Å²) in [6, 6.07) is 0.305. The normalized spacial score (nSPS) is 26.0. The van der Waals surface area contributed by atoms with Crippen molar-refractivity contribution in [3.63, 3.8) is 0 Å². The highest BCUT2D eigenvalue weighted by Gasteiger charge is 2.25. The number of hydrogen-bond acceptors (Lipinski definition) is 4. The van der Waals surface area contributed by atoms with Gasteiger partial charge in [-0.2, -0.15) is 0 Å². The van der Waals surface area contributed by atoms with Gasteiger partial charge in [-0.3, -0.25) is 4.90 Å². The van der Waals surface area contributed by atoms with E-state index in [1.165, 1.54) is 32.2 Å². The van der Waals surface area contributed by atoms with Gasteiger partial charge in [-0.05, 0) is 38.6 Å². The van der Waals surface area contributed by atoms with E-state index in [4.69, 9.17) is 22.7 Å². The topological polar surface area (TPSA) is 41.7 Å². The maximum atomic E-state index is 5.90. The lowest BCUT2D eigenvalue weighted by atomic mass is 10.1. The molecular weight excluding hydrogens is 282 g/mol. The van der Waals surface area contributed by atoms with Crippen LogP contribution in [0.3, 0.4) is 0 Å². The van der Waals surface area contributed by atoms with Gasteiger partial charge in [0.25, 0.3) is 0 Å². The van der Waals surface area contributed by atoms with Crippen LogP contribution in [0.4, 0.5) is 0 Å². The van der Waals surface area contributed by atoms with Crippen molar-refractivity contribution in [1.29, 1.82) is 0 Å². The van der Waals surface area contributed by atoms with Crippen LogP contribution < -0.4 is 5.73 Å². The number of rotatable bonds is 8. The van der Waals surface area contributed by atoms with Crippen molar-refractivity contribution in [3.05, 3.63) is 0 Å². The van der Waals surface area contributed by atoms with Crippen LogP contribution in [-0.4, -0.2) is 66.3 Å². The van der Waals surface area contributed by atoms with E-state index >= 15 is 0 Å². The first-order valence-electron chi connectivity index (χ1n) is 8.58. The van der Waals surface area contributed by atoms with E-state index in [9.17, 15) is 0 Å². The molecule has 4 nitrogen and oxygen atoms in total. The van der Waals surface area contributed by atoms with Crippen molar-refractivity contribution in [2.75, 3.05) is 39.3 Å². The van der Waals surface area contributed by atoms with E-state index in [0.29, 0.717) is 17.1 Å². The molecule has 2 atom stereocenters. The summed E-state index contributed by atoms with van der Waals surface area (Å²) in [6.07, 6.45) is 7.78. The average Bonchev–Trinajstić information content (AvgIpc) is 2.99. The minimum Gasteiger partial charge on any atom is -0.392 e. The molecule has 0 aromatic heterocycles. The molecule has 0 bridgehead atoms. The fourth-order valence-electron chi connectivity index (χ4n) is 3.49. The quantitative estimate of drug-likeness (QED) is 0.694. The summed E-state index contributed by atoms with van der Waals surface area (Å²) in [5.41, 5.74) is 5.90. The van der Waals surface area contributed by atoms with Gasteiger partial charge in [0.15, 0.2) is 0 Å². The fraction of sp³-hybridized carbons (Fsp3) is 0.938. The molecule has 2 heterocycles. The number of thiocarbonyl (C=S) groups is 1. The summed E-state index contributed by atoms with van der Waals surface area (Å²) in [7, 11) is 0. The Balaban J connectivity index is 1.63. The van der Waals surface area contributed by atoms with Crippen LogP contribution in [0.5, 0.6) is 0 Å². The van der Waals surface area contributed by atoms with E-state index in [2.05, 4.69) is 16.7 Å². The number of piperazine rings is 1. The van der Waals surface area contributed by atoms with Crippen LogP contribution in [-0.2, 0) is 4.74 Å². The van der Waals surface area contributed by atoms with Crippen molar-refractivity contribution < 1.29 is 4.74 Å². The summed E-state index contributed by atoms with van der Waals surface area (Å²) in [6.45, 7) is 8.87. The predicted octanol–water partition coefficient (Wildman–Crippen LogP) is 2.02. The first-order chi connectivity index (χ1) is 10.2. The van der Waals surface area contributed by atoms with Crippen LogP contribution in [0.25, 0.3) is 0 Å². The molecule has 0 aliphatic carbocycles. The number of ether oxygens (including phenoxy) is 1. The van der Waals surface area contributed by atoms with Gasteiger partial charge in [-0.25, -0.2) is 0 Å².